The van der Waals surface area contributed by atoms with Gasteiger partial charge in [-0.2, -0.15) is 0 Å². The van der Waals surface area contributed by atoms with Crippen LogP contribution in [0, 0.1) is 5.21 Å². The third-order valence-corrected chi connectivity index (χ3v) is 3.34. The van der Waals surface area contributed by atoms with Gasteiger partial charge in [-0.25, -0.2) is 0 Å². The second-order valence-electron chi connectivity index (χ2n) is 4.60. The molecule has 0 saturated heterocycles. The zero-order valence-electron chi connectivity index (χ0n) is 9.36. The fourth-order valence-corrected chi connectivity index (χ4v) is 2.26. The lowest BCUT2D eigenvalue weighted by molar-refractivity contribution is -0.809. The van der Waals surface area contributed by atoms with Gasteiger partial charge in [-0.15, -0.1) is 0 Å². The van der Waals surface area contributed by atoms with E-state index in [4.69, 9.17) is 11.5 Å². The van der Waals surface area contributed by atoms with Crippen LogP contribution in [0.1, 0.15) is 25.7 Å². The number of benzene rings is 1. The van der Waals surface area contributed by atoms with Gasteiger partial charge in [-0.3, -0.25) is 0 Å². The molecule has 1 aromatic rings. The zero-order valence-corrected chi connectivity index (χ0v) is 9.36. The summed E-state index contributed by atoms with van der Waals surface area (Å²) in [6, 6.07) is 7.63. The van der Waals surface area contributed by atoms with Crippen LogP contribution < -0.4 is 16.5 Å². The topological polar surface area (TPSA) is 79.5 Å². The van der Waals surface area contributed by atoms with Gasteiger partial charge >= 0.3 is 0 Å². The van der Waals surface area contributed by atoms with Crippen LogP contribution in [0.25, 0.3) is 0 Å². The predicted octanol–water partition coefficient (Wildman–Crippen LogP) is 0.553. The summed E-state index contributed by atoms with van der Waals surface area (Å²) in [5.74, 6) is 0. The molecular formula is C12H19N3O. The van der Waals surface area contributed by atoms with Crippen LogP contribution in [0.3, 0.4) is 0 Å². The van der Waals surface area contributed by atoms with Gasteiger partial charge in [0, 0.05) is 36.7 Å². The Kier molecular flexibility index (Phi) is 3.43. The van der Waals surface area contributed by atoms with E-state index >= 15 is 0 Å². The molecular weight excluding hydrogens is 202 g/mol. The Bertz CT molecular complexity index is 331. The van der Waals surface area contributed by atoms with E-state index in [1.54, 1.807) is 12.1 Å². The van der Waals surface area contributed by atoms with Crippen molar-refractivity contribution in [1.29, 1.82) is 0 Å². The number of hydroxylamine groups is 1. The van der Waals surface area contributed by atoms with Crippen molar-refractivity contribution in [3.63, 3.8) is 0 Å². The molecule has 1 fully saturated rings. The molecule has 88 valence electrons. The first-order valence-corrected chi connectivity index (χ1v) is 5.82. The number of nitrogens with two attached hydrogens (primary N) is 2. The average Bonchev–Trinajstić information content (AvgIpc) is 2.30. The molecule has 1 aliphatic rings. The van der Waals surface area contributed by atoms with Crippen LogP contribution in [0.15, 0.2) is 24.3 Å². The van der Waals surface area contributed by atoms with Crippen LogP contribution in [0.4, 0.5) is 11.4 Å². The molecule has 0 amide bonds. The van der Waals surface area contributed by atoms with Gasteiger partial charge in [0.15, 0.2) is 0 Å². The second kappa shape index (κ2) is 4.82. The van der Waals surface area contributed by atoms with Crippen molar-refractivity contribution in [3.8, 4) is 0 Å². The number of nitrogens with one attached hydrogen (secondary N) is 1. The number of quaternary nitrogens is 1. The van der Waals surface area contributed by atoms with Gasteiger partial charge in [0.2, 0.25) is 0 Å². The van der Waals surface area contributed by atoms with Gasteiger partial charge in [0.1, 0.15) is 5.69 Å². The molecule has 5 N–H and O–H groups in total. The summed E-state index contributed by atoms with van der Waals surface area (Å²) in [5, 5.41) is 12.4. The lowest BCUT2D eigenvalue weighted by Crippen LogP contribution is -3.06. The van der Waals surface area contributed by atoms with E-state index in [0.29, 0.717) is 5.69 Å². The van der Waals surface area contributed by atoms with Crippen molar-refractivity contribution in [3.05, 3.63) is 29.5 Å². The largest absolute Gasteiger partial charge is 0.629 e. The first-order valence-electron chi connectivity index (χ1n) is 5.82. The van der Waals surface area contributed by atoms with E-state index in [1.807, 2.05) is 12.1 Å². The van der Waals surface area contributed by atoms with Crippen molar-refractivity contribution in [2.24, 2.45) is 5.73 Å². The summed E-state index contributed by atoms with van der Waals surface area (Å²) < 4.78 is 0. The van der Waals surface area contributed by atoms with E-state index in [-0.39, 0.29) is 17.1 Å². The maximum Gasteiger partial charge on any atom is 0.131 e. The molecule has 0 bridgehead atoms. The SMILES string of the molecule is Nc1ccc([NH+]([O-])C2CCC(N)CC2)cc1. The zero-order chi connectivity index (χ0) is 11.5. The Morgan fingerprint density at radius 2 is 1.62 bits per heavy atom. The van der Waals surface area contributed by atoms with Crippen LogP contribution >= 0.6 is 0 Å². The van der Waals surface area contributed by atoms with Crippen molar-refractivity contribution in [1.82, 2.24) is 0 Å². The first kappa shape index (κ1) is 11.4. The minimum Gasteiger partial charge on any atom is -0.629 e. The van der Waals surface area contributed by atoms with E-state index in [1.165, 1.54) is 0 Å². The lowest BCUT2D eigenvalue weighted by atomic mass is 9.91. The molecule has 0 spiro atoms. The normalized spacial score (nSPS) is 27.6. The fourth-order valence-electron chi connectivity index (χ4n) is 2.26. The molecule has 16 heavy (non-hydrogen) atoms. The molecule has 4 heteroatoms. The molecule has 0 aromatic heterocycles. The maximum absolute atomic E-state index is 12.1. The molecule has 1 atom stereocenters. The van der Waals surface area contributed by atoms with Crippen LogP contribution in [-0.4, -0.2) is 12.1 Å². The summed E-state index contributed by atoms with van der Waals surface area (Å²) >= 11 is 0. The quantitative estimate of drug-likeness (QED) is 0.504. The van der Waals surface area contributed by atoms with Gasteiger partial charge < -0.3 is 21.7 Å². The standard InChI is InChI=1S/C12H19N3O/c13-9-1-5-11(6-2-9)15(16)12-7-3-10(14)4-8-12/h1-2,5-6,10,12,15H,3-4,7-8,13-14H2. The Morgan fingerprint density at radius 1 is 1.06 bits per heavy atom. The summed E-state index contributed by atoms with van der Waals surface area (Å²) in [6.45, 7) is 0. The average molecular weight is 221 g/mol. The van der Waals surface area contributed by atoms with Crippen LogP contribution in [0.2, 0.25) is 0 Å². The fraction of sp³-hybridized carbons (Fsp3) is 0.500. The number of hydrogen-bond acceptors (Lipinski definition) is 3. The molecule has 4 nitrogen and oxygen atoms in total. The van der Waals surface area contributed by atoms with Crippen molar-refractivity contribution in [2.75, 3.05) is 5.73 Å². The Hall–Kier alpha value is -1.10. The summed E-state index contributed by atoms with van der Waals surface area (Å²) in [4.78, 5) is 0. The number of anilines is 1. The molecule has 1 aromatic carbocycles. The molecule has 1 saturated carbocycles. The summed E-state index contributed by atoms with van der Waals surface area (Å²) in [6.07, 6.45) is 3.77. The Labute approximate surface area is 95.8 Å². The van der Waals surface area contributed by atoms with Gasteiger partial charge in [-0.05, 0) is 25.0 Å². The Morgan fingerprint density at radius 3 is 2.19 bits per heavy atom. The van der Waals surface area contributed by atoms with E-state index in [9.17, 15) is 5.21 Å². The maximum atomic E-state index is 12.1. The Balaban J connectivity index is 2.01. The van der Waals surface area contributed by atoms with E-state index in [2.05, 4.69) is 0 Å². The van der Waals surface area contributed by atoms with Crippen LogP contribution in [-0.2, 0) is 0 Å². The predicted molar refractivity (Wildman–Crippen MR) is 65.1 cm³/mol. The second-order valence-corrected chi connectivity index (χ2v) is 4.60. The van der Waals surface area contributed by atoms with Crippen LogP contribution in [0.5, 0.6) is 0 Å². The molecule has 1 unspecified atom stereocenters. The number of rotatable bonds is 2. The van der Waals surface area contributed by atoms with Crippen molar-refractivity contribution < 1.29 is 5.06 Å². The molecule has 1 aliphatic carbocycles. The lowest BCUT2D eigenvalue weighted by Gasteiger charge is -2.35. The van der Waals surface area contributed by atoms with Crippen molar-refractivity contribution >= 4 is 11.4 Å². The molecule has 2 rings (SSSR count). The highest BCUT2D eigenvalue weighted by Crippen LogP contribution is 2.17. The highest BCUT2D eigenvalue weighted by Gasteiger charge is 2.24. The minimum atomic E-state index is 0.156. The monoisotopic (exact) mass is 221 g/mol. The first-order chi connectivity index (χ1) is 7.66. The van der Waals surface area contributed by atoms with Gasteiger partial charge in [0.25, 0.3) is 0 Å². The highest BCUT2D eigenvalue weighted by atomic mass is 16.5. The third-order valence-electron chi connectivity index (χ3n) is 3.34. The van der Waals surface area contributed by atoms with Gasteiger partial charge in [-0.1, -0.05) is 0 Å². The minimum absolute atomic E-state index is 0.156. The third kappa shape index (κ3) is 2.52. The van der Waals surface area contributed by atoms with E-state index in [0.717, 1.165) is 31.4 Å². The van der Waals surface area contributed by atoms with Gasteiger partial charge in [0.05, 0.1) is 6.04 Å². The molecule has 0 aliphatic heterocycles. The molecule has 0 heterocycles. The summed E-state index contributed by atoms with van der Waals surface area (Å²) in [5.41, 5.74) is 12.9. The highest BCUT2D eigenvalue weighted by molar-refractivity contribution is 5.44. The number of hydrogen-bond donors (Lipinski definition) is 3. The van der Waals surface area contributed by atoms with Crippen molar-refractivity contribution in [2.45, 2.75) is 37.8 Å². The molecule has 0 radical (unpaired) electrons. The van der Waals surface area contributed by atoms with E-state index < -0.39 is 0 Å². The summed E-state index contributed by atoms with van der Waals surface area (Å²) in [7, 11) is 0. The number of nitrogen functional groups attached to an aromatic ring is 1. The smallest absolute Gasteiger partial charge is 0.131 e.